The number of nitrogens with two attached hydrogens (primary N) is 1. The normalized spacial score (nSPS) is 10.2. The summed E-state index contributed by atoms with van der Waals surface area (Å²) in [6.07, 6.45) is 1.52. The van der Waals surface area contributed by atoms with Crippen LogP contribution in [0.5, 0.6) is 0 Å². The second kappa shape index (κ2) is 7.81. The molecule has 1 aromatic rings. The first-order chi connectivity index (χ1) is 9.43. The molecule has 0 unspecified atom stereocenters. The number of hydrogen-bond acceptors (Lipinski definition) is 5. The van der Waals surface area contributed by atoms with E-state index < -0.39 is 5.91 Å². The highest BCUT2D eigenvalue weighted by Crippen LogP contribution is 2.16. The third-order valence-corrected chi connectivity index (χ3v) is 2.79. The third-order valence-electron chi connectivity index (χ3n) is 2.35. The van der Waals surface area contributed by atoms with Gasteiger partial charge in [-0.1, -0.05) is 13.8 Å². The number of amides is 2. The molecule has 0 aliphatic carbocycles. The number of anilines is 1. The molecule has 0 fully saturated rings. The van der Waals surface area contributed by atoms with Gasteiger partial charge in [0.15, 0.2) is 5.82 Å². The zero-order valence-corrected chi connectivity index (χ0v) is 13.0. The molecule has 0 spiro atoms. The van der Waals surface area contributed by atoms with E-state index in [9.17, 15) is 9.59 Å². The molecule has 1 rings (SSSR count). The predicted molar refractivity (Wildman–Crippen MR) is 79.9 cm³/mol. The average molecular weight is 344 g/mol. The third kappa shape index (κ3) is 5.14. The lowest BCUT2D eigenvalue weighted by molar-refractivity contribution is -0.120. The monoisotopic (exact) mass is 343 g/mol. The van der Waals surface area contributed by atoms with Crippen molar-refractivity contribution in [2.75, 3.05) is 18.5 Å². The minimum atomic E-state index is -0.425. The van der Waals surface area contributed by atoms with Gasteiger partial charge >= 0.3 is 0 Å². The highest BCUT2D eigenvalue weighted by Gasteiger charge is 2.14. The van der Waals surface area contributed by atoms with Crippen LogP contribution in [0.2, 0.25) is 0 Å². The molecule has 0 saturated carbocycles. The molecule has 0 bridgehead atoms. The maximum Gasteiger partial charge on any atom is 0.255 e. The first kappa shape index (κ1) is 16.4. The van der Waals surface area contributed by atoms with E-state index in [4.69, 9.17) is 5.84 Å². The van der Waals surface area contributed by atoms with Gasteiger partial charge in [-0.3, -0.25) is 9.59 Å². The summed E-state index contributed by atoms with van der Waals surface area (Å²) in [4.78, 5) is 27.4. The van der Waals surface area contributed by atoms with Gasteiger partial charge in [0.05, 0.1) is 12.1 Å². The Hall–Kier alpha value is -1.67. The standard InChI is InChI=1S/C12H18BrN5O2/c1-7(2)4-15-10(19)6-17-12(20)9-3-8(13)5-16-11(9)18-14/h3,5,7H,4,6,14H2,1-2H3,(H,15,19)(H,16,18)(H,17,20). The summed E-state index contributed by atoms with van der Waals surface area (Å²) in [5.74, 6) is 5.23. The number of aromatic nitrogens is 1. The molecule has 1 heterocycles. The van der Waals surface area contributed by atoms with Crippen LogP contribution in [0.3, 0.4) is 0 Å². The fourth-order valence-electron chi connectivity index (χ4n) is 1.36. The van der Waals surface area contributed by atoms with Gasteiger partial charge in [0, 0.05) is 17.2 Å². The van der Waals surface area contributed by atoms with E-state index in [-0.39, 0.29) is 23.8 Å². The van der Waals surface area contributed by atoms with Crippen LogP contribution in [0.1, 0.15) is 24.2 Å². The zero-order valence-electron chi connectivity index (χ0n) is 11.4. The SMILES string of the molecule is CC(C)CNC(=O)CNC(=O)c1cc(Br)cnc1NN. The Morgan fingerprint density at radius 1 is 1.40 bits per heavy atom. The Kier molecular flexibility index (Phi) is 6.40. The lowest BCUT2D eigenvalue weighted by Crippen LogP contribution is -2.38. The molecule has 5 N–H and O–H groups in total. The van der Waals surface area contributed by atoms with Gasteiger partial charge in [-0.2, -0.15) is 0 Å². The topological polar surface area (TPSA) is 109 Å². The number of pyridine rings is 1. The number of rotatable bonds is 6. The number of nitrogens with zero attached hydrogens (tertiary/aromatic N) is 1. The maximum absolute atomic E-state index is 12.0. The van der Waals surface area contributed by atoms with Crippen molar-refractivity contribution in [3.05, 3.63) is 22.3 Å². The summed E-state index contributed by atoms with van der Waals surface area (Å²) >= 11 is 3.22. The summed E-state index contributed by atoms with van der Waals surface area (Å²) in [6, 6.07) is 1.57. The lowest BCUT2D eigenvalue weighted by Gasteiger charge is -2.10. The van der Waals surface area contributed by atoms with Crippen molar-refractivity contribution in [2.24, 2.45) is 11.8 Å². The van der Waals surface area contributed by atoms with Crippen molar-refractivity contribution in [2.45, 2.75) is 13.8 Å². The second-order valence-corrected chi connectivity index (χ2v) is 5.49. The van der Waals surface area contributed by atoms with Gasteiger partial charge in [0.2, 0.25) is 5.91 Å². The molecule has 7 nitrogen and oxygen atoms in total. The van der Waals surface area contributed by atoms with Crippen LogP contribution in [0.15, 0.2) is 16.7 Å². The number of nitrogen functional groups attached to an aromatic ring is 1. The number of carbonyl (C=O) groups is 2. The number of hydrogen-bond donors (Lipinski definition) is 4. The van der Waals surface area contributed by atoms with Crippen LogP contribution in [0, 0.1) is 5.92 Å². The average Bonchev–Trinajstić information content (AvgIpc) is 2.42. The van der Waals surface area contributed by atoms with Crippen LogP contribution in [0.4, 0.5) is 5.82 Å². The molecular formula is C12H18BrN5O2. The van der Waals surface area contributed by atoms with E-state index in [1.807, 2.05) is 13.8 Å². The van der Waals surface area contributed by atoms with Gasteiger partial charge in [0.1, 0.15) is 0 Å². The Bertz CT molecular complexity index is 493. The van der Waals surface area contributed by atoms with Crippen molar-refractivity contribution < 1.29 is 9.59 Å². The van der Waals surface area contributed by atoms with Gasteiger partial charge in [-0.05, 0) is 27.9 Å². The number of nitrogens with one attached hydrogen (secondary N) is 3. The molecule has 0 radical (unpaired) electrons. The Morgan fingerprint density at radius 3 is 2.70 bits per heavy atom. The summed E-state index contributed by atoms with van der Waals surface area (Å²) in [7, 11) is 0. The largest absolute Gasteiger partial charge is 0.354 e. The highest BCUT2D eigenvalue weighted by atomic mass is 79.9. The minimum Gasteiger partial charge on any atom is -0.354 e. The molecule has 2 amide bonds. The second-order valence-electron chi connectivity index (χ2n) is 4.57. The fraction of sp³-hybridized carbons (Fsp3) is 0.417. The Labute approximate surface area is 125 Å². The zero-order chi connectivity index (χ0) is 15.1. The lowest BCUT2D eigenvalue weighted by atomic mass is 10.2. The molecule has 8 heteroatoms. The van der Waals surface area contributed by atoms with Crippen LogP contribution >= 0.6 is 15.9 Å². The Morgan fingerprint density at radius 2 is 2.10 bits per heavy atom. The number of carbonyl (C=O) groups excluding carboxylic acids is 2. The first-order valence-electron chi connectivity index (χ1n) is 6.11. The highest BCUT2D eigenvalue weighted by molar-refractivity contribution is 9.10. The van der Waals surface area contributed by atoms with Crippen LogP contribution in [-0.4, -0.2) is 29.9 Å². The van der Waals surface area contributed by atoms with Crippen molar-refractivity contribution in [1.82, 2.24) is 15.6 Å². The van der Waals surface area contributed by atoms with E-state index in [1.54, 1.807) is 6.07 Å². The van der Waals surface area contributed by atoms with Gasteiger partial charge in [0.25, 0.3) is 5.91 Å². The minimum absolute atomic E-state index is 0.0952. The molecule has 0 aromatic carbocycles. The van der Waals surface area contributed by atoms with E-state index in [1.165, 1.54) is 6.20 Å². The molecule has 0 saturated heterocycles. The van der Waals surface area contributed by atoms with E-state index >= 15 is 0 Å². The van der Waals surface area contributed by atoms with Crippen LogP contribution in [0.25, 0.3) is 0 Å². The molecule has 0 aliphatic rings. The Balaban J connectivity index is 2.59. The van der Waals surface area contributed by atoms with Gasteiger partial charge in [-0.15, -0.1) is 0 Å². The predicted octanol–water partition coefficient (Wildman–Crippen LogP) is 0.632. The molecule has 0 atom stereocenters. The van der Waals surface area contributed by atoms with Crippen LogP contribution in [-0.2, 0) is 4.79 Å². The molecule has 20 heavy (non-hydrogen) atoms. The summed E-state index contributed by atoms with van der Waals surface area (Å²) in [5.41, 5.74) is 2.60. The van der Waals surface area contributed by atoms with E-state index in [2.05, 4.69) is 37.0 Å². The fourth-order valence-corrected chi connectivity index (χ4v) is 1.69. The summed E-state index contributed by atoms with van der Waals surface area (Å²) in [6.45, 7) is 4.46. The van der Waals surface area contributed by atoms with Gasteiger partial charge < -0.3 is 16.1 Å². The molecular weight excluding hydrogens is 326 g/mol. The number of hydrazine groups is 1. The maximum atomic E-state index is 12.0. The molecule has 110 valence electrons. The molecule has 1 aromatic heterocycles. The van der Waals surface area contributed by atoms with Crippen LogP contribution < -0.4 is 21.9 Å². The van der Waals surface area contributed by atoms with E-state index in [0.717, 1.165) is 0 Å². The summed E-state index contributed by atoms with van der Waals surface area (Å²) in [5, 5.41) is 5.23. The van der Waals surface area contributed by atoms with Gasteiger partial charge in [-0.25, -0.2) is 10.8 Å². The summed E-state index contributed by atoms with van der Waals surface area (Å²) < 4.78 is 0.644. The van der Waals surface area contributed by atoms with Crippen molar-refractivity contribution in [1.29, 1.82) is 0 Å². The van der Waals surface area contributed by atoms with Crippen molar-refractivity contribution >= 4 is 33.6 Å². The first-order valence-corrected chi connectivity index (χ1v) is 6.90. The number of halogens is 1. The van der Waals surface area contributed by atoms with Crippen molar-refractivity contribution in [3.63, 3.8) is 0 Å². The molecule has 0 aliphatic heterocycles. The van der Waals surface area contributed by atoms with E-state index in [0.29, 0.717) is 16.9 Å². The quantitative estimate of drug-likeness (QED) is 0.447. The smallest absolute Gasteiger partial charge is 0.255 e. The van der Waals surface area contributed by atoms with Crippen molar-refractivity contribution in [3.8, 4) is 0 Å².